The van der Waals surface area contributed by atoms with Crippen molar-refractivity contribution >= 4 is 5.69 Å². The summed E-state index contributed by atoms with van der Waals surface area (Å²) in [7, 11) is 1.65. The minimum Gasteiger partial charge on any atom is -0.497 e. The van der Waals surface area contributed by atoms with Gasteiger partial charge in [0.15, 0.2) is 0 Å². The van der Waals surface area contributed by atoms with Gasteiger partial charge in [0.1, 0.15) is 5.75 Å². The molecule has 2 rings (SSSR count). The van der Waals surface area contributed by atoms with Gasteiger partial charge in [0.2, 0.25) is 0 Å². The normalized spacial score (nSPS) is 17.9. The van der Waals surface area contributed by atoms with Crippen molar-refractivity contribution in [1.29, 1.82) is 0 Å². The van der Waals surface area contributed by atoms with Crippen molar-refractivity contribution in [2.45, 2.75) is 38.3 Å². The van der Waals surface area contributed by atoms with Crippen molar-refractivity contribution in [3.8, 4) is 5.75 Å². The Kier molecular flexibility index (Phi) is 3.06. The quantitative estimate of drug-likeness (QED) is 0.765. The van der Waals surface area contributed by atoms with Crippen molar-refractivity contribution in [2.24, 2.45) is 0 Å². The van der Waals surface area contributed by atoms with Crippen LogP contribution in [0.1, 0.15) is 31.7 Å². The molecule has 1 aromatic carbocycles. The summed E-state index contributed by atoms with van der Waals surface area (Å²) in [6.07, 6.45) is 3.87. The molecule has 0 aromatic heterocycles. The van der Waals surface area contributed by atoms with E-state index in [1.807, 2.05) is 18.2 Å². The lowest BCUT2D eigenvalue weighted by molar-refractivity contribution is 0.207. The van der Waals surface area contributed by atoms with Gasteiger partial charge in [0, 0.05) is 23.8 Å². The van der Waals surface area contributed by atoms with Crippen LogP contribution in [0.15, 0.2) is 18.2 Å². The molecule has 3 heteroatoms. The molecule has 0 heterocycles. The summed E-state index contributed by atoms with van der Waals surface area (Å²) in [4.78, 5) is 0. The Morgan fingerprint density at radius 3 is 2.69 bits per heavy atom. The number of anilines is 1. The first kappa shape index (κ1) is 11.3. The second-order valence-electron chi connectivity index (χ2n) is 4.83. The van der Waals surface area contributed by atoms with Crippen molar-refractivity contribution < 1.29 is 4.74 Å². The highest BCUT2D eigenvalue weighted by Gasteiger charge is 2.30. The maximum absolute atomic E-state index is 5.97. The van der Waals surface area contributed by atoms with E-state index in [2.05, 4.69) is 12.2 Å². The summed E-state index contributed by atoms with van der Waals surface area (Å²) in [6.45, 7) is 3.11. The van der Waals surface area contributed by atoms with Gasteiger partial charge in [-0.25, -0.2) is 0 Å². The molecule has 3 nitrogen and oxygen atoms in total. The van der Waals surface area contributed by atoms with Gasteiger partial charge in [0.05, 0.1) is 7.11 Å². The van der Waals surface area contributed by atoms with Crippen molar-refractivity contribution in [1.82, 2.24) is 5.32 Å². The fourth-order valence-corrected chi connectivity index (χ4v) is 2.05. The fraction of sp³-hybridized carbons (Fsp3) is 0.538. The molecule has 0 unspecified atom stereocenters. The highest BCUT2D eigenvalue weighted by Crippen LogP contribution is 2.31. The molecule has 1 saturated carbocycles. The predicted molar refractivity (Wildman–Crippen MR) is 66.5 cm³/mol. The highest BCUT2D eigenvalue weighted by molar-refractivity contribution is 5.51. The van der Waals surface area contributed by atoms with Crippen LogP contribution in [0.5, 0.6) is 5.75 Å². The molecule has 0 saturated heterocycles. The average Bonchev–Trinajstić information content (AvgIpc) is 2.25. The number of ether oxygens (including phenoxy) is 1. The highest BCUT2D eigenvalue weighted by atomic mass is 16.5. The van der Waals surface area contributed by atoms with Crippen LogP contribution >= 0.6 is 0 Å². The molecule has 3 N–H and O–H groups in total. The van der Waals surface area contributed by atoms with E-state index in [4.69, 9.17) is 10.5 Å². The van der Waals surface area contributed by atoms with E-state index in [9.17, 15) is 0 Å². The van der Waals surface area contributed by atoms with Gasteiger partial charge < -0.3 is 15.8 Å². The Morgan fingerprint density at radius 2 is 2.19 bits per heavy atom. The van der Waals surface area contributed by atoms with Crippen molar-refractivity contribution in [2.75, 3.05) is 12.8 Å². The first-order valence-corrected chi connectivity index (χ1v) is 5.80. The Balaban J connectivity index is 1.98. The van der Waals surface area contributed by atoms with Gasteiger partial charge >= 0.3 is 0 Å². The molecule has 1 fully saturated rings. The smallest absolute Gasteiger partial charge is 0.120 e. The molecule has 0 spiro atoms. The number of nitrogen functional groups attached to an aromatic ring is 1. The summed E-state index contributed by atoms with van der Waals surface area (Å²) in [5.74, 6) is 0.816. The second kappa shape index (κ2) is 4.34. The van der Waals surface area contributed by atoms with E-state index in [0.29, 0.717) is 5.54 Å². The first-order valence-electron chi connectivity index (χ1n) is 5.80. The van der Waals surface area contributed by atoms with Gasteiger partial charge in [-0.2, -0.15) is 0 Å². The number of nitrogens with one attached hydrogen (secondary N) is 1. The maximum Gasteiger partial charge on any atom is 0.120 e. The summed E-state index contributed by atoms with van der Waals surface area (Å²) in [5.41, 5.74) is 8.24. The van der Waals surface area contributed by atoms with E-state index in [-0.39, 0.29) is 0 Å². The van der Waals surface area contributed by atoms with E-state index >= 15 is 0 Å². The lowest BCUT2D eigenvalue weighted by atomic mass is 9.78. The fourth-order valence-electron chi connectivity index (χ4n) is 2.05. The average molecular weight is 220 g/mol. The lowest BCUT2D eigenvalue weighted by Gasteiger charge is -2.39. The first-order chi connectivity index (χ1) is 7.63. The van der Waals surface area contributed by atoms with Crippen molar-refractivity contribution in [3.05, 3.63) is 23.8 Å². The molecule has 1 aliphatic rings. The molecular formula is C13H20N2O. The Hall–Kier alpha value is -1.22. The number of hydrogen-bond donors (Lipinski definition) is 2. The zero-order chi connectivity index (χ0) is 11.6. The van der Waals surface area contributed by atoms with E-state index in [1.54, 1.807) is 7.11 Å². The van der Waals surface area contributed by atoms with Crippen LogP contribution < -0.4 is 15.8 Å². The largest absolute Gasteiger partial charge is 0.497 e. The molecule has 1 aromatic rings. The number of methoxy groups -OCH3 is 1. The van der Waals surface area contributed by atoms with Crippen LogP contribution in [-0.2, 0) is 6.54 Å². The molecule has 16 heavy (non-hydrogen) atoms. The van der Waals surface area contributed by atoms with Crippen molar-refractivity contribution in [3.63, 3.8) is 0 Å². The summed E-state index contributed by atoms with van der Waals surface area (Å²) < 4.78 is 5.13. The minimum absolute atomic E-state index is 0.326. The molecular weight excluding hydrogens is 200 g/mol. The van der Waals surface area contributed by atoms with Gasteiger partial charge in [-0.15, -0.1) is 0 Å². The van der Waals surface area contributed by atoms with E-state index < -0.39 is 0 Å². The second-order valence-corrected chi connectivity index (χ2v) is 4.83. The monoisotopic (exact) mass is 220 g/mol. The van der Waals surface area contributed by atoms with Crippen LogP contribution in [0.4, 0.5) is 5.69 Å². The third-order valence-corrected chi connectivity index (χ3v) is 3.52. The third kappa shape index (κ3) is 2.30. The maximum atomic E-state index is 5.97. The Labute approximate surface area is 97.0 Å². The number of benzene rings is 1. The van der Waals surface area contributed by atoms with Crippen LogP contribution in [0.3, 0.4) is 0 Å². The lowest BCUT2D eigenvalue weighted by Crippen LogP contribution is -2.47. The standard InChI is InChI=1S/C13H20N2O/c1-13(6-3-7-13)15-9-10-4-5-11(16-2)8-12(10)14/h4-5,8,15H,3,6-7,9,14H2,1-2H3. The number of hydrogen-bond acceptors (Lipinski definition) is 3. The number of nitrogens with two attached hydrogens (primary N) is 1. The van der Waals surface area contributed by atoms with E-state index in [0.717, 1.165) is 23.5 Å². The predicted octanol–water partition coefficient (Wildman–Crippen LogP) is 2.31. The Bertz CT molecular complexity index is 372. The van der Waals surface area contributed by atoms with Gasteiger partial charge in [-0.05, 0) is 37.8 Å². The third-order valence-electron chi connectivity index (χ3n) is 3.52. The van der Waals surface area contributed by atoms with Crippen LogP contribution in [-0.4, -0.2) is 12.6 Å². The molecule has 88 valence electrons. The molecule has 1 aliphatic carbocycles. The molecule has 0 aliphatic heterocycles. The van der Waals surface area contributed by atoms with Crippen LogP contribution in [0.2, 0.25) is 0 Å². The zero-order valence-electron chi connectivity index (χ0n) is 10.0. The SMILES string of the molecule is COc1ccc(CNC2(C)CCC2)c(N)c1. The zero-order valence-corrected chi connectivity index (χ0v) is 10.0. The molecule has 0 atom stereocenters. The van der Waals surface area contributed by atoms with Crippen LogP contribution in [0, 0.1) is 0 Å². The van der Waals surface area contributed by atoms with Gasteiger partial charge in [-0.1, -0.05) is 6.07 Å². The molecule has 0 amide bonds. The molecule has 0 bridgehead atoms. The van der Waals surface area contributed by atoms with Crippen LogP contribution in [0.25, 0.3) is 0 Å². The Morgan fingerprint density at radius 1 is 1.44 bits per heavy atom. The van der Waals surface area contributed by atoms with Gasteiger partial charge in [0.25, 0.3) is 0 Å². The summed E-state index contributed by atoms with van der Waals surface area (Å²) in [5, 5.41) is 3.57. The topological polar surface area (TPSA) is 47.3 Å². The summed E-state index contributed by atoms with van der Waals surface area (Å²) >= 11 is 0. The van der Waals surface area contributed by atoms with Gasteiger partial charge in [-0.3, -0.25) is 0 Å². The molecule has 0 radical (unpaired) electrons. The minimum atomic E-state index is 0.326. The van der Waals surface area contributed by atoms with E-state index in [1.165, 1.54) is 19.3 Å². The summed E-state index contributed by atoms with van der Waals surface area (Å²) in [6, 6.07) is 5.86. The number of rotatable bonds is 4.